The quantitative estimate of drug-likeness (QED) is 0.918. The minimum absolute atomic E-state index is 0.210. The van der Waals surface area contributed by atoms with E-state index in [0.29, 0.717) is 17.9 Å². The second-order valence-corrected chi connectivity index (χ2v) is 5.97. The van der Waals surface area contributed by atoms with Crippen LogP contribution in [0.5, 0.6) is 0 Å². The molecular weight excluding hydrogens is 254 g/mol. The summed E-state index contributed by atoms with van der Waals surface area (Å²) in [6.07, 6.45) is 2.82. The van der Waals surface area contributed by atoms with Gasteiger partial charge in [-0.25, -0.2) is 4.79 Å². The molecule has 2 unspecified atom stereocenters. The molecule has 20 heavy (non-hydrogen) atoms. The van der Waals surface area contributed by atoms with Gasteiger partial charge >= 0.3 is 6.09 Å². The van der Waals surface area contributed by atoms with Gasteiger partial charge in [-0.1, -0.05) is 30.3 Å². The summed E-state index contributed by atoms with van der Waals surface area (Å²) >= 11 is 0. The van der Waals surface area contributed by atoms with Crippen LogP contribution in [-0.4, -0.2) is 35.8 Å². The standard InChI is InChI=1S/C16H21NO3/c18-9-7-16-6-8-17(11-14(16)10-16)15(19)20-12-13-4-2-1-3-5-13/h1-5,14,18H,6-12H2. The molecular formula is C16H21NO3. The van der Waals surface area contributed by atoms with Gasteiger partial charge in [-0.2, -0.15) is 0 Å². The van der Waals surface area contributed by atoms with E-state index in [1.54, 1.807) is 0 Å². The Labute approximate surface area is 119 Å². The lowest BCUT2D eigenvalue weighted by atomic mass is 9.92. The predicted molar refractivity (Wildman–Crippen MR) is 75.1 cm³/mol. The molecule has 108 valence electrons. The highest BCUT2D eigenvalue weighted by Gasteiger charge is 2.56. The van der Waals surface area contributed by atoms with Crippen LogP contribution >= 0.6 is 0 Å². The van der Waals surface area contributed by atoms with E-state index in [4.69, 9.17) is 9.84 Å². The summed E-state index contributed by atoms with van der Waals surface area (Å²) in [5, 5.41) is 9.09. The molecule has 2 aliphatic rings. The van der Waals surface area contributed by atoms with Crippen LogP contribution in [0.1, 0.15) is 24.8 Å². The van der Waals surface area contributed by atoms with Crippen LogP contribution < -0.4 is 0 Å². The molecule has 1 saturated heterocycles. The molecule has 1 amide bonds. The molecule has 3 rings (SSSR count). The Morgan fingerprint density at radius 1 is 1.40 bits per heavy atom. The lowest BCUT2D eigenvalue weighted by molar-refractivity contribution is 0.0777. The van der Waals surface area contributed by atoms with Gasteiger partial charge in [-0.3, -0.25) is 0 Å². The molecule has 1 N–H and O–H groups in total. The molecule has 1 heterocycles. The molecule has 4 nitrogen and oxygen atoms in total. The number of hydrogen-bond acceptors (Lipinski definition) is 3. The van der Waals surface area contributed by atoms with E-state index >= 15 is 0 Å². The van der Waals surface area contributed by atoms with Crippen LogP contribution in [0.4, 0.5) is 4.79 Å². The first-order valence-corrected chi connectivity index (χ1v) is 7.30. The van der Waals surface area contributed by atoms with Crippen LogP contribution in [0.3, 0.4) is 0 Å². The monoisotopic (exact) mass is 275 g/mol. The van der Waals surface area contributed by atoms with E-state index in [1.807, 2.05) is 35.2 Å². The summed E-state index contributed by atoms with van der Waals surface area (Å²) in [5.74, 6) is 0.563. The lowest BCUT2D eigenvalue weighted by Crippen LogP contribution is -2.39. The van der Waals surface area contributed by atoms with Crippen LogP contribution in [0.25, 0.3) is 0 Å². The van der Waals surface area contributed by atoms with Crippen molar-refractivity contribution in [1.29, 1.82) is 0 Å². The third-order valence-corrected chi connectivity index (χ3v) is 4.75. The van der Waals surface area contributed by atoms with Gasteiger partial charge in [0.2, 0.25) is 0 Å². The summed E-state index contributed by atoms with van der Waals surface area (Å²) < 4.78 is 5.36. The Morgan fingerprint density at radius 3 is 2.90 bits per heavy atom. The average Bonchev–Trinajstić information content (AvgIpc) is 3.19. The summed E-state index contributed by atoms with van der Waals surface area (Å²) in [6, 6.07) is 9.74. The zero-order valence-electron chi connectivity index (χ0n) is 11.6. The smallest absolute Gasteiger partial charge is 0.410 e. The molecule has 0 radical (unpaired) electrons. The molecule has 0 spiro atoms. The van der Waals surface area contributed by atoms with E-state index in [1.165, 1.54) is 0 Å². The Morgan fingerprint density at radius 2 is 2.20 bits per heavy atom. The van der Waals surface area contributed by atoms with E-state index in [2.05, 4.69) is 0 Å². The zero-order chi connectivity index (χ0) is 14.0. The topological polar surface area (TPSA) is 49.8 Å². The molecule has 0 aromatic heterocycles. The molecule has 1 aliphatic carbocycles. The van der Waals surface area contributed by atoms with E-state index in [0.717, 1.165) is 37.9 Å². The molecule has 1 saturated carbocycles. The van der Waals surface area contributed by atoms with Crippen molar-refractivity contribution in [2.45, 2.75) is 25.9 Å². The number of amides is 1. The van der Waals surface area contributed by atoms with Crippen molar-refractivity contribution in [3.63, 3.8) is 0 Å². The first-order valence-electron chi connectivity index (χ1n) is 7.30. The van der Waals surface area contributed by atoms with Crippen molar-refractivity contribution in [3.05, 3.63) is 35.9 Å². The molecule has 2 fully saturated rings. The van der Waals surface area contributed by atoms with Gasteiger partial charge in [0.25, 0.3) is 0 Å². The second kappa shape index (κ2) is 5.44. The maximum absolute atomic E-state index is 12.1. The number of piperidine rings is 1. The lowest BCUT2D eigenvalue weighted by Gasteiger charge is -2.30. The Kier molecular flexibility index (Phi) is 3.66. The third-order valence-electron chi connectivity index (χ3n) is 4.75. The van der Waals surface area contributed by atoms with Crippen molar-refractivity contribution in [1.82, 2.24) is 4.90 Å². The Hall–Kier alpha value is -1.55. The van der Waals surface area contributed by atoms with Gasteiger partial charge in [0.15, 0.2) is 0 Å². The van der Waals surface area contributed by atoms with Crippen molar-refractivity contribution in [3.8, 4) is 0 Å². The minimum Gasteiger partial charge on any atom is -0.445 e. The van der Waals surface area contributed by atoms with Gasteiger partial charge in [0.05, 0.1) is 0 Å². The van der Waals surface area contributed by atoms with Gasteiger partial charge < -0.3 is 14.7 Å². The summed E-state index contributed by atoms with van der Waals surface area (Å²) in [6.45, 7) is 2.13. The number of carbonyl (C=O) groups is 1. The van der Waals surface area contributed by atoms with Crippen LogP contribution in [-0.2, 0) is 11.3 Å². The Bertz CT molecular complexity index is 476. The molecule has 4 heteroatoms. The number of aliphatic hydroxyl groups excluding tert-OH is 1. The number of likely N-dealkylation sites (tertiary alicyclic amines) is 1. The first-order chi connectivity index (χ1) is 9.73. The number of fused-ring (bicyclic) bond motifs is 1. The summed E-state index contributed by atoms with van der Waals surface area (Å²) in [4.78, 5) is 13.9. The normalized spacial score (nSPS) is 27.9. The van der Waals surface area contributed by atoms with Gasteiger partial charge in [0.1, 0.15) is 6.61 Å². The number of aliphatic hydroxyl groups is 1. The first kappa shape index (κ1) is 13.4. The fourth-order valence-electron chi connectivity index (χ4n) is 3.34. The van der Waals surface area contributed by atoms with Crippen molar-refractivity contribution >= 4 is 6.09 Å². The summed E-state index contributed by atoms with van der Waals surface area (Å²) in [7, 11) is 0. The minimum atomic E-state index is -0.210. The largest absolute Gasteiger partial charge is 0.445 e. The highest BCUT2D eigenvalue weighted by molar-refractivity contribution is 5.68. The van der Waals surface area contributed by atoms with E-state index in [-0.39, 0.29) is 12.7 Å². The SMILES string of the molecule is O=C(OCc1ccccc1)N1CCC2(CCO)CC2C1. The van der Waals surface area contributed by atoms with Crippen molar-refractivity contribution in [2.75, 3.05) is 19.7 Å². The van der Waals surface area contributed by atoms with Gasteiger partial charge in [-0.05, 0) is 36.2 Å². The predicted octanol–water partition coefficient (Wildman–Crippen LogP) is 2.42. The van der Waals surface area contributed by atoms with Gasteiger partial charge in [0, 0.05) is 19.7 Å². The fraction of sp³-hybridized carbons (Fsp3) is 0.562. The van der Waals surface area contributed by atoms with Crippen molar-refractivity contribution in [2.24, 2.45) is 11.3 Å². The highest BCUT2D eigenvalue weighted by atomic mass is 16.6. The molecule has 1 aromatic rings. The average molecular weight is 275 g/mol. The van der Waals surface area contributed by atoms with Gasteiger partial charge in [-0.15, -0.1) is 0 Å². The number of nitrogens with zero attached hydrogens (tertiary/aromatic N) is 1. The maximum Gasteiger partial charge on any atom is 0.410 e. The third kappa shape index (κ3) is 2.66. The molecule has 0 bridgehead atoms. The highest BCUT2D eigenvalue weighted by Crippen LogP contribution is 2.60. The number of hydrogen-bond donors (Lipinski definition) is 1. The Balaban J connectivity index is 1.48. The fourth-order valence-corrected chi connectivity index (χ4v) is 3.34. The zero-order valence-corrected chi connectivity index (χ0v) is 11.6. The van der Waals surface area contributed by atoms with Crippen LogP contribution in [0.2, 0.25) is 0 Å². The number of benzene rings is 1. The summed E-state index contributed by atoms with van der Waals surface area (Å²) in [5.41, 5.74) is 1.34. The van der Waals surface area contributed by atoms with E-state index in [9.17, 15) is 4.79 Å². The van der Waals surface area contributed by atoms with Crippen molar-refractivity contribution < 1.29 is 14.6 Å². The maximum atomic E-state index is 12.1. The number of ether oxygens (including phenoxy) is 1. The van der Waals surface area contributed by atoms with Crippen LogP contribution in [0.15, 0.2) is 30.3 Å². The number of rotatable bonds is 4. The molecule has 2 atom stereocenters. The molecule has 1 aliphatic heterocycles. The second-order valence-electron chi connectivity index (χ2n) is 5.97. The number of carbonyl (C=O) groups excluding carboxylic acids is 1. The van der Waals surface area contributed by atoms with E-state index < -0.39 is 0 Å². The van der Waals surface area contributed by atoms with Crippen LogP contribution in [0, 0.1) is 11.3 Å². The molecule has 1 aromatic carbocycles.